The first-order valence-corrected chi connectivity index (χ1v) is 15.2. The minimum absolute atomic E-state index is 0.0269. The van der Waals surface area contributed by atoms with Gasteiger partial charge in [-0.05, 0) is 37.0 Å². The van der Waals surface area contributed by atoms with Crippen molar-refractivity contribution in [3.63, 3.8) is 0 Å². The van der Waals surface area contributed by atoms with Crippen LogP contribution in [0.25, 0.3) is 16.5 Å². The number of ketones is 1. The Bertz CT molecular complexity index is 1490. The number of aromatic nitrogens is 1. The number of fused-ring (bicyclic) bond motifs is 1. The Morgan fingerprint density at radius 2 is 1.94 bits per heavy atom. The van der Waals surface area contributed by atoms with Gasteiger partial charge in [-0.15, -0.1) is 0 Å². The quantitative estimate of drug-likeness (QED) is 0.602. The van der Waals surface area contributed by atoms with Crippen LogP contribution in [0.2, 0.25) is 5.02 Å². The summed E-state index contributed by atoms with van der Waals surface area (Å²) in [7, 11) is -7.28. The van der Waals surface area contributed by atoms with Gasteiger partial charge < -0.3 is 4.57 Å². The molecule has 1 saturated heterocycles. The highest BCUT2D eigenvalue weighted by atomic mass is 35.5. The fourth-order valence-corrected chi connectivity index (χ4v) is 6.29. The normalized spacial score (nSPS) is 19.7. The van der Waals surface area contributed by atoms with Crippen molar-refractivity contribution in [2.75, 3.05) is 25.6 Å². The molecule has 0 saturated carbocycles. The third-order valence-corrected chi connectivity index (χ3v) is 8.24. The van der Waals surface area contributed by atoms with Crippen LogP contribution in [0.5, 0.6) is 0 Å². The van der Waals surface area contributed by atoms with Crippen molar-refractivity contribution >= 4 is 59.8 Å². The summed E-state index contributed by atoms with van der Waals surface area (Å²) in [4.78, 5) is 26.2. The molecule has 1 fully saturated rings. The molecule has 9 nitrogen and oxygen atoms in total. The van der Waals surface area contributed by atoms with Crippen LogP contribution in [0, 0.1) is 5.92 Å². The number of carbonyl (C=O) groups excluding carboxylic acids is 2. The van der Waals surface area contributed by atoms with E-state index in [9.17, 15) is 26.4 Å². The first-order chi connectivity index (χ1) is 16.3. The molecule has 188 valence electrons. The largest absolute Gasteiger partial charge is 0.336 e. The highest BCUT2D eigenvalue weighted by Crippen LogP contribution is 2.37. The minimum Gasteiger partial charge on any atom is -0.336 e. The van der Waals surface area contributed by atoms with Gasteiger partial charge in [0.15, 0.2) is 5.78 Å². The summed E-state index contributed by atoms with van der Waals surface area (Å²) in [5.74, 6) is -1.20. The molecule has 1 aliphatic heterocycles. The lowest BCUT2D eigenvalue weighted by molar-refractivity contribution is -0.113. The van der Waals surface area contributed by atoms with E-state index in [1.807, 2.05) is 4.72 Å². The average molecular weight is 540 g/mol. The monoisotopic (exact) mass is 539 g/mol. The number of nitrogens with one attached hydrogen (secondary N) is 1. The van der Waals surface area contributed by atoms with Gasteiger partial charge in [-0.25, -0.2) is 25.9 Å². The van der Waals surface area contributed by atoms with Crippen LogP contribution in [0.4, 0.5) is 0 Å². The molecule has 1 N–H and O–H groups in total. The summed E-state index contributed by atoms with van der Waals surface area (Å²) in [6.45, 7) is 0.963. The highest BCUT2D eigenvalue weighted by molar-refractivity contribution is 7.89. The number of hydrogen-bond donors (Lipinski definition) is 1. The predicted octanol–water partition coefficient (Wildman–Crippen LogP) is 2.57. The molecule has 35 heavy (non-hydrogen) atoms. The molecular weight excluding hydrogens is 514 g/mol. The molecule has 2 heterocycles. The Morgan fingerprint density at radius 1 is 1.20 bits per heavy atom. The van der Waals surface area contributed by atoms with Gasteiger partial charge in [-0.1, -0.05) is 29.8 Å². The molecule has 0 bridgehead atoms. The third kappa shape index (κ3) is 5.53. The molecule has 2 aliphatic rings. The molecule has 1 amide bonds. The Kier molecular flexibility index (Phi) is 6.98. The van der Waals surface area contributed by atoms with Gasteiger partial charge >= 0.3 is 0 Å². The lowest BCUT2D eigenvalue weighted by Gasteiger charge is -2.31. The van der Waals surface area contributed by atoms with Crippen LogP contribution in [0.15, 0.2) is 36.4 Å². The fourth-order valence-electron chi connectivity index (χ4n) is 4.74. The van der Waals surface area contributed by atoms with Crippen molar-refractivity contribution in [2.45, 2.75) is 25.8 Å². The van der Waals surface area contributed by atoms with Crippen molar-refractivity contribution in [1.82, 2.24) is 13.6 Å². The first kappa shape index (κ1) is 25.6. The Labute approximate surface area is 209 Å². The van der Waals surface area contributed by atoms with E-state index < -0.39 is 26.0 Å². The maximum atomic E-state index is 13.4. The summed E-state index contributed by atoms with van der Waals surface area (Å²) >= 11 is 6.28. The smallest absolute Gasteiger partial charge is 0.282 e. The van der Waals surface area contributed by atoms with Crippen LogP contribution >= 0.6 is 11.6 Å². The number of amides is 1. The van der Waals surface area contributed by atoms with Crippen molar-refractivity contribution in [1.29, 1.82) is 0 Å². The molecule has 12 heteroatoms. The molecule has 0 spiro atoms. The van der Waals surface area contributed by atoms with Gasteiger partial charge in [0.1, 0.15) is 5.69 Å². The van der Waals surface area contributed by atoms with Gasteiger partial charge in [0.2, 0.25) is 20.0 Å². The second kappa shape index (κ2) is 9.53. The lowest BCUT2D eigenvalue weighted by Crippen LogP contribution is -2.41. The molecule has 4 rings (SSSR count). The average Bonchev–Trinajstić information content (AvgIpc) is 3.05. The second-order valence-corrected chi connectivity index (χ2v) is 13.1. The maximum absolute atomic E-state index is 13.4. The summed E-state index contributed by atoms with van der Waals surface area (Å²) < 4.78 is 53.3. The van der Waals surface area contributed by atoms with E-state index in [0.29, 0.717) is 40.0 Å². The summed E-state index contributed by atoms with van der Waals surface area (Å²) in [6.07, 6.45) is 8.62. The SMILES string of the molecule is CS(=O)(=O)NC(=O)c1c(C2=CC=CCC2=O)c2cc(Cl)ccc2n1CC1CCCN(S(C)(=O)=O)C1. The maximum Gasteiger partial charge on any atom is 0.282 e. The number of carbonyl (C=O) groups is 2. The molecule has 1 aromatic heterocycles. The summed E-state index contributed by atoms with van der Waals surface area (Å²) in [5, 5.41) is 0.938. The van der Waals surface area contributed by atoms with Gasteiger partial charge in [-0.3, -0.25) is 9.59 Å². The van der Waals surface area contributed by atoms with Crippen molar-refractivity contribution in [3.8, 4) is 0 Å². The van der Waals surface area contributed by atoms with Crippen LogP contribution in [0.3, 0.4) is 0 Å². The van der Waals surface area contributed by atoms with E-state index in [4.69, 9.17) is 11.6 Å². The Morgan fingerprint density at radius 3 is 2.60 bits per heavy atom. The zero-order valence-electron chi connectivity index (χ0n) is 19.3. The van der Waals surface area contributed by atoms with E-state index in [-0.39, 0.29) is 36.9 Å². The molecule has 0 radical (unpaired) electrons. The van der Waals surface area contributed by atoms with E-state index in [2.05, 4.69) is 0 Å². The van der Waals surface area contributed by atoms with E-state index in [1.54, 1.807) is 41.0 Å². The number of nitrogens with zero attached hydrogens (tertiary/aromatic N) is 2. The van der Waals surface area contributed by atoms with Gasteiger partial charge in [0, 0.05) is 53.1 Å². The van der Waals surface area contributed by atoms with Crippen molar-refractivity contribution in [2.24, 2.45) is 5.92 Å². The lowest BCUT2D eigenvalue weighted by atomic mass is 9.93. The number of benzene rings is 1. The topological polar surface area (TPSA) is 123 Å². The van der Waals surface area contributed by atoms with E-state index in [0.717, 1.165) is 12.7 Å². The highest BCUT2D eigenvalue weighted by Gasteiger charge is 2.32. The minimum atomic E-state index is -3.90. The predicted molar refractivity (Wildman–Crippen MR) is 135 cm³/mol. The summed E-state index contributed by atoms with van der Waals surface area (Å²) in [6, 6.07) is 5.03. The van der Waals surface area contributed by atoms with Crippen molar-refractivity contribution in [3.05, 3.63) is 52.7 Å². The number of piperidine rings is 1. The van der Waals surface area contributed by atoms with E-state index >= 15 is 0 Å². The molecule has 1 unspecified atom stereocenters. The zero-order chi connectivity index (χ0) is 25.5. The van der Waals surface area contributed by atoms with Crippen LogP contribution in [-0.4, -0.2) is 63.0 Å². The van der Waals surface area contributed by atoms with Crippen molar-refractivity contribution < 1.29 is 26.4 Å². The van der Waals surface area contributed by atoms with Gasteiger partial charge in [-0.2, -0.15) is 0 Å². The second-order valence-electron chi connectivity index (χ2n) is 8.96. The van der Waals surface area contributed by atoms with Crippen LogP contribution in [-0.2, 0) is 31.4 Å². The zero-order valence-corrected chi connectivity index (χ0v) is 21.7. The third-order valence-electron chi connectivity index (χ3n) is 6.18. The van der Waals surface area contributed by atoms with Gasteiger partial charge in [0.25, 0.3) is 5.91 Å². The fraction of sp³-hybridized carbons (Fsp3) is 0.391. The number of hydrogen-bond acceptors (Lipinski definition) is 6. The van der Waals surface area contributed by atoms with Crippen LogP contribution < -0.4 is 4.72 Å². The Hall–Kier alpha value is -2.47. The van der Waals surface area contributed by atoms with E-state index in [1.165, 1.54) is 10.6 Å². The number of allylic oxidation sites excluding steroid dienone is 4. The number of rotatable bonds is 6. The molecular formula is C23H26ClN3O6S2. The first-order valence-electron chi connectivity index (χ1n) is 11.0. The Balaban J connectivity index is 1.93. The summed E-state index contributed by atoms with van der Waals surface area (Å²) in [5.41, 5.74) is 1.23. The molecule has 1 aromatic carbocycles. The number of Topliss-reactive ketones (excluding diaryl/α,β-unsaturated/α-hetero) is 1. The standard InChI is InChI=1S/C23H26ClN3O6S2/c1-34(30,31)25-23(29)22-21(17-7-3-4-8-20(17)28)18-12-16(24)9-10-19(18)27(22)14-15-6-5-11-26(13-15)35(2,32)33/h3-4,7,9-10,12,15H,5-6,8,11,13-14H2,1-2H3,(H,25,29). The van der Waals surface area contributed by atoms with Crippen LogP contribution in [0.1, 0.15) is 35.3 Å². The van der Waals surface area contributed by atoms with Gasteiger partial charge in [0.05, 0.1) is 12.5 Å². The number of halogens is 1. The molecule has 1 aliphatic carbocycles. The molecule has 2 aromatic rings. The molecule has 1 atom stereocenters. The number of sulfonamides is 2.